The molecule has 3 aromatic heterocycles. The average Bonchev–Trinajstić information content (AvgIpc) is 3.62. The lowest BCUT2D eigenvalue weighted by molar-refractivity contribution is 0.0929. The zero-order valence-electron chi connectivity index (χ0n) is 22.4. The third-order valence-corrected chi connectivity index (χ3v) is 9.54. The number of anilines is 1. The summed E-state index contributed by atoms with van der Waals surface area (Å²) in [6, 6.07) is 17.0. The monoisotopic (exact) mass is 692 g/mol. The molecular formula is C31H26Br2N4O3S. The van der Waals surface area contributed by atoms with Crippen LogP contribution in [0.25, 0.3) is 16.0 Å². The number of thiophene rings is 1. The number of furan rings is 1. The van der Waals surface area contributed by atoms with Gasteiger partial charge in [-0.25, -0.2) is 5.43 Å². The van der Waals surface area contributed by atoms with E-state index in [2.05, 4.69) is 52.3 Å². The maximum Gasteiger partial charge on any atom is 0.307 e. The zero-order chi connectivity index (χ0) is 28.7. The van der Waals surface area contributed by atoms with Crippen LogP contribution in [0.3, 0.4) is 0 Å². The summed E-state index contributed by atoms with van der Waals surface area (Å²) >= 11 is 8.61. The number of hydrogen-bond acceptors (Lipinski definition) is 5. The first kappa shape index (κ1) is 27.7. The highest BCUT2D eigenvalue weighted by Crippen LogP contribution is 2.39. The molecule has 5 aromatic rings. The summed E-state index contributed by atoms with van der Waals surface area (Å²) < 4.78 is 9.51. The second kappa shape index (κ2) is 11.4. The van der Waals surface area contributed by atoms with Crippen molar-refractivity contribution >= 4 is 77.9 Å². The average molecular weight is 694 g/mol. The van der Waals surface area contributed by atoms with E-state index in [0.717, 1.165) is 78.8 Å². The Morgan fingerprint density at radius 1 is 1.02 bits per heavy atom. The molecule has 0 bridgehead atoms. The quantitative estimate of drug-likeness (QED) is 0.139. The number of fused-ring (bicyclic) bond motifs is 2. The third kappa shape index (κ3) is 5.43. The summed E-state index contributed by atoms with van der Waals surface area (Å²) in [5.74, 6) is -0.371. The molecule has 0 atom stereocenters. The molecule has 0 saturated carbocycles. The van der Waals surface area contributed by atoms with E-state index in [-0.39, 0.29) is 11.7 Å². The first-order valence-electron chi connectivity index (χ1n) is 13.2. The highest BCUT2D eigenvalue weighted by atomic mass is 79.9. The molecule has 2 amide bonds. The molecule has 7 nitrogen and oxygen atoms in total. The fourth-order valence-electron chi connectivity index (χ4n) is 5.29. The SMILES string of the molecule is Cc1cc(/C=N\NC(=O)c2cc3cc(Br)cc(Br)c3o2)c(C)n1-c1sc2c(c1C(=O)Nc1ccccc1)CCCC2. The van der Waals surface area contributed by atoms with Gasteiger partial charge in [0.1, 0.15) is 10.6 Å². The molecule has 1 aliphatic rings. The number of aryl methyl sites for hydroxylation is 2. The second-order valence-corrected chi connectivity index (χ2v) is 12.8. The summed E-state index contributed by atoms with van der Waals surface area (Å²) in [5, 5.41) is 9.04. The lowest BCUT2D eigenvalue weighted by Gasteiger charge is -2.14. The van der Waals surface area contributed by atoms with Gasteiger partial charge in [-0.05, 0) is 97.4 Å². The Balaban J connectivity index is 1.28. The molecule has 3 heterocycles. The van der Waals surface area contributed by atoms with E-state index in [1.807, 2.05) is 62.4 Å². The van der Waals surface area contributed by atoms with Crippen molar-refractivity contribution in [2.75, 3.05) is 5.32 Å². The molecule has 1 aliphatic carbocycles. The van der Waals surface area contributed by atoms with E-state index in [1.54, 1.807) is 23.6 Å². The number of hydrazone groups is 1. The fourth-order valence-corrected chi connectivity index (χ4v) is 8.13. The van der Waals surface area contributed by atoms with Crippen molar-refractivity contribution in [2.24, 2.45) is 5.10 Å². The van der Waals surface area contributed by atoms with Gasteiger partial charge in [0.2, 0.25) is 0 Å². The van der Waals surface area contributed by atoms with Crippen LogP contribution in [0, 0.1) is 13.8 Å². The summed E-state index contributed by atoms with van der Waals surface area (Å²) in [5.41, 5.74) is 8.61. The van der Waals surface area contributed by atoms with Gasteiger partial charge < -0.3 is 14.3 Å². The van der Waals surface area contributed by atoms with Gasteiger partial charge in [0, 0.05) is 37.4 Å². The molecule has 0 unspecified atom stereocenters. The maximum atomic E-state index is 13.7. The Labute approximate surface area is 257 Å². The number of halogens is 2. The fraction of sp³-hybridized carbons (Fsp3) is 0.194. The third-order valence-electron chi connectivity index (χ3n) is 7.21. The highest BCUT2D eigenvalue weighted by molar-refractivity contribution is 9.11. The number of carbonyl (C=O) groups is 2. The highest BCUT2D eigenvalue weighted by Gasteiger charge is 2.28. The van der Waals surface area contributed by atoms with E-state index in [0.29, 0.717) is 5.58 Å². The number of carbonyl (C=O) groups excluding carboxylic acids is 2. The van der Waals surface area contributed by atoms with Crippen LogP contribution in [0.5, 0.6) is 0 Å². The van der Waals surface area contributed by atoms with Gasteiger partial charge in [0.15, 0.2) is 5.76 Å². The number of nitrogens with one attached hydrogen (secondary N) is 2. The standard InChI is InChI=1S/C31H26Br2N4O3S/c1-17-12-20(16-34-36-29(38)25-14-19-13-21(32)15-24(33)28(19)40-25)18(2)37(17)31-27(23-10-6-7-11-26(23)41-31)30(39)35-22-8-4-3-5-9-22/h3-5,8-9,12-16H,6-7,10-11H2,1-2H3,(H,35,39)(H,36,38)/b34-16-. The number of para-hydroxylation sites is 1. The van der Waals surface area contributed by atoms with Gasteiger partial charge in [-0.3, -0.25) is 9.59 Å². The van der Waals surface area contributed by atoms with Crippen LogP contribution in [0.1, 0.15) is 61.1 Å². The van der Waals surface area contributed by atoms with Crippen LogP contribution in [0.15, 0.2) is 73.1 Å². The summed E-state index contributed by atoms with van der Waals surface area (Å²) in [6.07, 6.45) is 5.73. The number of rotatable bonds is 6. The van der Waals surface area contributed by atoms with Crippen molar-refractivity contribution in [3.05, 3.63) is 102 Å². The number of benzene rings is 2. The van der Waals surface area contributed by atoms with Gasteiger partial charge >= 0.3 is 5.91 Å². The lowest BCUT2D eigenvalue weighted by Crippen LogP contribution is -2.17. The second-order valence-electron chi connectivity index (χ2n) is 9.99. The van der Waals surface area contributed by atoms with Crippen LogP contribution >= 0.6 is 43.2 Å². The molecule has 0 radical (unpaired) electrons. The summed E-state index contributed by atoms with van der Waals surface area (Å²) in [7, 11) is 0. The summed E-state index contributed by atoms with van der Waals surface area (Å²) in [4.78, 5) is 27.7. The first-order chi connectivity index (χ1) is 19.8. The zero-order valence-corrected chi connectivity index (χ0v) is 26.4. The van der Waals surface area contributed by atoms with Gasteiger partial charge in [-0.1, -0.05) is 34.1 Å². The number of hydrogen-bond donors (Lipinski definition) is 2. The number of aromatic nitrogens is 1. The van der Waals surface area contributed by atoms with Crippen molar-refractivity contribution in [1.29, 1.82) is 0 Å². The maximum absolute atomic E-state index is 13.7. The molecule has 0 saturated heterocycles. The van der Waals surface area contributed by atoms with Crippen molar-refractivity contribution < 1.29 is 14.0 Å². The molecule has 41 heavy (non-hydrogen) atoms. The molecule has 10 heteroatoms. The van der Waals surface area contributed by atoms with Gasteiger partial charge in [-0.15, -0.1) is 11.3 Å². The van der Waals surface area contributed by atoms with E-state index >= 15 is 0 Å². The van der Waals surface area contributed by atoms with Crippen molar-refractivity contribution in [1.82, 2.24) is 9.99 Å². The Kier molecular flexibility index (Phi) is 7.72. The number of amides is 2. The Bertz CT molecular complexity index is 1840. The van der Waals surface area contributed by atoms with E-state index in [9.17, 15) is 9.59 Å². The predicted octanol–water partition coefficient (Wildman–Crippen LogP) is 8.32. The van der Waals surface area contributed by atoms with Gasteiger partial charge in [0.05, 0.1) is 16.3 Å². The van der Waals surface area contributed by atoms with E-state index < -0.39 is 5.91 Å². The molecular weight excluding hydrogens is 668 g/mol. The molecule has 2 aromatic carbocycles. The Morgan fingerprint density at radius 3 is 2.61 bits per heavy atom. The van der Waals surface area contributed by atoms with Crippen LogP contribution < -0.4 is 10.7 Å². The van der Waals surface area contributed by atoms with Gasteiger partial charge in [0.25, 0.3) is 5.91 Å². The summed E-state index contributed by atoms with van der Waals surface area (Å²) in [6.45, 7) is 4.02. The molecule has 0 fully saturated rings. The molecule has 0 aliphatic heterocycles. The van der Waals surface area contributed by atoms with Crippen molar-refractivity contribution in [3.63, 3.8) is 0 Å². The van der Waals surface area contributed by atoms with E-state index in [1.165, 1.54) is 4.88 Å². The van der Waals surface area contributed by atoms with Crippen LogP contribution in [0.4, 0.5) is 5.69 Å². The topological polar surface area (TPSA) is 88.6 Å². The Hall–Kier alpha value is -3.47. The molecule has 208 valence electrons. The minimum atomic E-state index is -0.444. The van der Waals surface area contributed by atoms with Crippen LogP contribution in [0.2, 0.25) is 0 Å². The van der Waals surface area contributed by atoms with E-state index in [4.69, 9.17) is 4.42 Å². The molecule has 6 rings (SSSR count). The van der Waals surface area contributed by atoms with Gasteiger partial charge in [-0.2, -0.15) is 5.10 Å². The normalized spacial score (nSPS) is 13.1. The molecule has 0 spiro atoms. The minimum absolute atomic E-state index is 0.0925. The number of nitrogens with zero attached hydrogens (tertiary/aromatic N) is 2. The Morgan fingerprint density at radius 2 is 1.80 bits per heavy atom. The lowest BCUT2D eigenvalue weighted by atomic mass is 9.95. The van der Waals surface area contributed by atoms with Crippen molar-refractivity contribution in [2.45, 2.75) is 39.5 Å². The minimum Gasteiger partial charge on any atom is -0.450 e. The van der Waals surface area contributed by atoms with Crippen LogP contribution in [-0.4, -0.2) is 22.6 Å². The predicted molar refractivity (Wildman–Crippen MR) is 171 cm³/mol. The first-order valence-corrected chi connectivity index (χ1v) is 15.6. The smallest absolute Gasteiger partial charge is 0.307 e. The molecule has 2 N–H and O–H groups in total. The van der Waals surface area contributed by atoms with Crippen LogP contribution in [-0.2, 0) is 12.8 Å². The van der Waals surface area contributed by atoms with Crippen molar-refractivity contribution in [3.8, 4) is 5.00 Å². The largest absolute Gasteiger partial charge is 0.450 e.